The van der Waals surface area contributed by atoms with Crippen molar-refractivity contribution in [1.29, 1.82) is 0 Å². The van der Waals surface area contributed by atoms with Crippen LogP contribution in [0.5, 0.6) is 5.75 Å². The van der Waals surface area contributed by atoms with E-state index in [1.807, 2.05) is 6.92 Å². The lowest BCUT2D eigenvalue weighted by molar-refractivity contribution is 0.0992. The van der Waals surface area contributed by atoms with Gasteiger partial charge in [0.25, 0.3) is 0 Å². The van der Waals surface area contributed by atoms with Crippen molar-refractivity contribution in [1.82, 2.24) is 4.98 Å². The first-order valence-electron chi connectivity index (χ1n) is 6.65. The Balaban J connectivity index is 2.17. The number of rotatable bonds is 6. The fourth-order valence-corrected chi connectivity index (χ4v) is 2.37. The van der Waals surface area contributed by atoms with E-state index in [2.05, 4.69) is 4.98 Å². The number of hydrogen-bond donors (Lipinski definition) is 0. The number of hydrogen-bond acceptors (Lipinski definition) is 3. The molecule has 0 atom stereocenters. The summed E-state index contributed by atoms with van der Waals surface area (Å²) in [6.45, 7) is 2.61. The molecule has 3 nitrogen and oxygen atoms in total. The van der Waals surface area contributed by atoms with Crippen LogP contribution in [0.3, 0.4) is 0 Å². The molecule has 0 spiro atoms. The summed E-state index contributed by atoms with van der Waals surface area (Å²) < 4.78 is 5.48. The van der Waals surface area contributed by atoms with Crippen LogP contribution in [0.25, 0.3) is 0 Å². The molecule has 1 aromatic carbocycles. The zero-order chi connectivity index (χ0) is 15.2. The van der Waals surface area contributed by atoms with E-state index in [1.165, 1.54) is 6.20 Å². The van der Waals surface area contributed by atoms with Crippen LogP contribution in [0, 0.1) is 0 Å². The van der Waals surface area contributed by atoms with Crippen LogP contribution < -0.4 is 4.74 Å². The van der Waals surface area contributed by atoms with Crippen molar-refractivity contribution in [3.05, 3.63) is 57.8 Å². The van der Waals surface area contributed by atoms with Gasteiger partial charge in [-0.1, -0.05) is 36.2 Å². The van der Waals surface area contributed by atoms with E-state index in [-0.39, 0.29) is 12.2 Å². The average molecular weight is 324 g/mol. The molecule has 0 radical (unpaired) electrons. The molecule has 1 aromatic heterocycles. The van der Waals surface area contributed by atoms with Crippen molar-refractivity contribution in [2.24, 2.45) is 0 Å². The first-order valence-corrected chi connectivity index (χ1v) is 7.41. The third-order valence-corrected chi connectivity index (χ3v) is 3.62. The number of benzene rings is 1. The summed E-state index contributed by atoms with van der Waals surface area (Å²) in [5.41, 5.74) is 1.12. The standard InChI is InChI=1S/C16H15Cl2NO2/c1-2-6-21-12-7-11(9-19-10-12)16(20)8-13-14(17)4-3-5-15(13)18/h3-5,7,9-10H,2,6,8H2,1H3. The van der Waals surface area contributed by atoms with Crippen LogP contribution in [0.1, 0.15) is 29.3 Å². The molecule has 21 heavy (non-hydrogen) atoms. The first-order chi connectivity index (χ1) is 10.1. The fourth-order valence-electron chi connectivity index (χ4n) is 1.83. The summed E-state index contributed by atoms with van der Waals surface area (Å²) in [7, 11) is 0. The Labute approximate surface area is 133 Å². The quantitative estimate of drug-likeness (QED) is 0.729. The van der Waals surface area contributed by atoms with Gasteiger partial charge in [0, 0.05) is 28.2 Å². The van der Waals surface area contributed by atoms with Crippen molar-refractivity contribution in [3.63, 3.8) is 0 Å². The molecule has 2 rings (SSSR count). The Kier molecular flexibility index (Phi) is 5.59. The Morgan fingerprint density at radius 2 is 1.95 bits per heavy atom. The van der Waals surface area contributed by atoms with Crippen LogP contribution in [-0.2, 0) is 6.42 Å². The van der Waals surface area contributed by atoms with E-state index < -0.39 is 0 Å². The molecule has 0 aliphatic rings. The predicted molar refractivity (Wildman–Crippen MR) is 84.5 cm³/mol. The molecule has 0 aliphatic heterocycles. The molecule has 0 N–H and O–H groups in total. The Morgan fingerprint density at radius 1 is 1.24 bits per heavy atom. The summed E-state index contributed by atoms with van der Waals surface area (Å²) in [5.74, 6) is 0.493. The van der Waals surface area contributed by atoms with Crippen molar-refractivity contribution in [2.75, 3.05) is 6.61 Å². The van der Waals surface area contributed by atoms with Gasteiger partial charge >= 0.3 is 0 Å². The van der Waals surface area contributed by atoms with Gasteiger partial charge in [0.2, 0.25) is 0 Å². The van der Waals surface area contributed by atoms with Gasteiger partial charge in [-0.2, -0.15) is 0 Å². The highest BCUT2D eigenvalue weighted by atomic mass is 35.5. The number of halogens is 2. The third-order valence-electron chi connectivity index (χ3n) is 2.91. The molecule has 0 saturated carbocycles. The number of ketones is 1. The largest absolute Gasteiger partial charge is 0.492 e. The van der Waals surface area contributed by atoms with Crippen molar-refractivity contribution < 1.29 is 9.53 Å². The van der Waals surface area contributed by atoms with Gasteiger partial charge in [0.15, 0.2) is 5.78 Å². The van der Waals surface area contributed by atoms with E-state index in [9.17, 15) is 4.79 Å². The number of nitrogens with zero attached hydrogens (tertiary/aromatic N) is 1. The van der Waals surface area contributed by atoms with Gasteiger partial charge in [0.1, 0.15) is 5.75 Å². The monoisotopic (exact) mass is 323 g/mol. The highest BCUT2D eigenvalue weighted by Gasteiger charge is 2.13. The highest BCUT2D eigenvalue weighted by molar-refractivity contribution is 6.36. The van der Waals surface area contributed by atoms with E-state index in [4.69, 9.17) is 27.9 Å². The number of carbonyl (C=O) groups excluding carboxylic acids is 1. The minimum Gasteiger partial charge on any atom is -0.492 e. The summed E-state index contributed by atoms with van der Waals surface area (Å²) in [6.07, 6.45) is 4.14. The lowest BCUT2D eigenvalue weighted by Gasteiger charge is -2.08. The summed E-state index contributed by atoms with van der Waals surface area (Å²) in [6, 6.07) is 6.87. The smallest absolute Gasteiger partial charge is 0.169 e. The molecule has 1 heterocycles. The number of Topliss-reactive ketones (excluding diaryl/α,β-unsaturated/α-hetero) is 1. The fraction of sp³-hybridized carbons (Fsp3) is 0.250. The molecule has 0 fully saturated rings. The highest BCUT2D eigenvalue weighted by Crippen LogP contribution is 2.26. The number of pyridine rings is 1. The normalized spacial score (nSPS) is 10.4. The lowest BCUT2D eigenvalue weighted by atomic mass is 10.0. The second kappa shape index (κ2) is 7.43. The molecular formula is C16H15Cl2NO2. The summed E-state index contributed by atoms with van der Waals surface area (Å²) >= 11 is 12.2. The Bertz CT molecular complexity index is 624. The van der Waals surface area contributed by atoms with E-state index in [1.54, 1.807) is 30.5 Å². The van der Waals surface area contributed by atoms with Crippen LogP contribution in [0.15, 0.2) is 36.7 Å². The minimum absolute atomic E-state index is 0.0977. The van der Waals surface area contributed by atoms with Gasteiger partial charge in [0.05, 0.1) is 12.8 Å². The molecule has 110 valence electrons. The maximum absolute atomic E-state index is 12.3. The molecule has 2 aromatic rings. The van der Waals surface area contributed by atoms with Crippen LogP contribution in [0.2, 0.25) is 10.0 Å². The Hall–Kier alpha value is -1.58. The van der Waals surface area contributed by atoms with Gasteiger partial charge in [-0.25, -0.2) is 0 Å². The lowest BCUT2D eigenvalue weighted by Crippen LogP contribution is -2.06. The van der Waals surface area contributed by atoms with Gasteiger partial charge in [-0.3, -0.25) is 9.78 Å². The second-order valence-corrected chi connectivity index (χ2v) is 5.37. The minimum atomic E-state index is -0.0977. The molecule has 0 unspecified atom stereocenters. The van der Waals surface area contributed by atoms with Crippen LogP contribution in [-0.4, -0.2) is 17.4 Å². The number of carbonyl (C=O) groups is 1. The van der Waals surface area contributed by atoms with Gasteiger partial charge < -0.3 is 4.74 Å². The topological polar surface area (TPSA) is 39.2 Å². The van der Waals surface area contributed by atoms with Crippen molar-refractivity contribution >= 4 is 29.0 Å². The van der Waals surface area contributed by atoms with Crippen molar-refractivity contribution in [2.45, 2.75) is 19.8 Å². The van der Waals surface area contributed by atoms with Gasteiger partial charge in [-0.15, -0.1) is 0 Å². The number of aromatic nitrogens is 1. The second-order valence-electron chi connectivity index (χ2n) is 4.56. The third kappa shape index (κ3) is 4.19. The van der Waals surface area contributed by atoms with Crippen LogP contribution >= 0.6 is 23.2 Å². The summed E-state index contributed by atoms with van der Waals surface area (Å²) in [5, 5.41) is 0.976. The van der Waals surface area contributed by atoms with E-state index in [0.717, 1.165) is 6.42 Å². The zero-order valence-electron chi connectivity index (χ0n) is 11.6. The molecular weight excluding hydrogens is 309 g/mol. The molecule has 0 amide bonds. The zero-order valence-corrected chi connectivity index (χ0v) is 13.1. The molecule has 0 saturated heterocycles. The SMILES string of the molecule is CCCOc1cncc(C(=O)Cc2c(Cl)cccc2Cl)c1. The summed E-state index contributed by atoms with van der Waals surface area (Å²) in [4.78, 5) is 16.4. The maximum atomic E-state index is 12.3. The molecule has 0 aliphatic carbocycles. The first kappa shape index (κ1) is 15.8. The van der Waals surface area contributed by atoms with Crippen LogP contribution in [0.4, 0.5) is 0 Å². The molecule has 5 heteroatoms. The van der Waals surface area contributed by atoms with E-state index >= 15 is 0 Å². The van der Waals surface area contributed by atoms with E-state index in [0.29, 0.717) is 33.5 Å². The number of ether oxygens (including phenoxy) is 1. The predicted octanol–water partition coefficient (Wildman–Crippen LogP) is 4.60. The average Bonchev–Trinajstić information content (AvgIpc) is 2.49. The maximum Gasteiger partial charge on any atom is 0.169 e. The van der Waals surface area contributed by atoms with Gasteiger partial charge in [-0.05, 0) is 30.2 Å². The Morgan fingerprint density at radius 3 is 2.62 bits per heavy atom. The van der Waals surface area contributed by atoms with Crippen molar-refractivity contribution in [3.8, 4) is 5.75 Å². The molecule has 0 bridgehead atoms.